The number of hydrogen-bond donors (Lipinski definition) is 0. The van der Waals surface area contributed by atoms with E-state index in [-0.39, 0.29) is 30.4 Å². The van der Waals surface area contributed by atoms with Gasteiger partial charge in [0, 0.05) is 10.9 Å². The van der Waals surface area contributed by atoms with E-state index >= 15 is 0 Å². The summed E-state index contributed by atoms with van der Waals surface area (Å²) >= 11 is 0. The molecule has 2 heterocycles. The highest BCUT2D eigenvalue weighted by Crippen LogP contribution is 2.33. The van der Waals surface area contributed by atoms with E-state index in [1.54, 1.807) is 37.3 Å². The van der Waals surface area contributed by atoms with Crippen LogP contribution in [0.4, 0.5) is 0 Å². The van der Waals surface area contributed by atoms with Crippen molar-refractivity contribution in [2.45, 2.75) is 6.92 Å². The van der Waals surface area contributed by atoms with E-state index in [9.17, 15) is 9.59 Å². The van der Waals surface area contributed by atoms with Crippen molar-refractivity contribution >= 4 is 22.7 Å². The highest BCUT2D eigenvalue weighted by molar-refractivity contribution is 6.15. The number of ether oxygens (including phenoxy) is 3. The molecule has 1 aliphatic heterocycles. The number of ketones is 1. The number of para-hydroxylation sites is 1. The summed E-state index contributed by atoms with van der Waals surface area (Å²) in [4.78, 5) is 29.8. The van der Waals surface area contributed by atoms with E-state index in [1.807, 2.05) is 18.2 Å². The minimum atomic E-state index is -0.623. The highest BCUT2D eigenvalue weighted by Gasteiger charge is 2.24. The Morgan fingerprint density at radius 2 is 1.88 bits per heavy atom. The predicted molar refractivity (Wildman–Crippen MR) is 93.7 cm³/mol. The molecule has 0 radical (unpaired) electrons. The van der Waals surface area contributed by atoms with Gasteiger partial charge in [-0.25, -0.2) is 9.78 Å². The van der Waals surface area contributed by atoms with Crippen molar-refractivity contribution in [3.63, 3.8) is 0 Å². The Hall–Kier alpha value is -3.41. The van der Waals surface area contributed by atoms with Crippen molar-refractivity contribution < 1.29 is 23.8 Å². The Morgan fingerprint density at radius 3 is 2.73 bits per heavy atom. The molecule has 0 bridgehead atoms. The molecule has 0 N–H and O–H groups in total. The van der Waals surface area contributed by atoms with Crippen LogP contribution >= 0.6 is 0 Å². The van der Waals surface area contributed by atoms with Gasteiger partial charge in [0.25, 0.3) is 0 Å². The van der Waals surface area contributed by atoms with E-state index in [0.717, 1.165) is 5.39 Å². The number of aromatic nitrogens is 1. The summed E-state index contributed by atoms with van der Waals surface area (Å²) in [5.41, 5.74) is 1.21. The number of esters is 1. The van der Waals surface area contributed by atoms with Gasteiger partial charge in [-0.15, -0.1) is 0 Å². The molecule has 0 saturated carbocycles. The van der Waals surface area contributed by atoms with Crippen molar-refractivity contribution in [1.82, 2.24) is 4.98 Å². The molecule has 130 valence electrons. The van der Waals surface area contributed by atoms with Crippen LogP contribution < -0.4 is 9.47 Å². The number of rotatable bonds is 4. The smallest absolute Gasteiger partial charge is 0.357 e. The second kappa shape index (κ2) is 6.48. The average Bonchev–Trinajstić information content (AvgIpc) is 3.14. The molecule has 0 unspecified atom stereocenters. The molecule has 1 aliphatic rings. The molecule has 3 aromatic rings. The maximum absolute atomic E-state index is 13.1. The van der Waals surface area contributed by atoms with E-state index in [4.69, 9.17) is 14.2 Å². The van der Waals surface area contributed by atoms with Crippen molar-refractivity contribution in [2.24, 2.45) is 0 Å². The van der Waals surface area contributed by atoms with Gasteiger partial charge in [-0.05, 0) is 37.3 Å². The lowest BCUT2D eigenvalue weighted by atomic mass is 9.99. The van der Waals surface area contributed by atoms with Crippen LogP contribution in [-0.4, -0.2) is 30.1 Å². The Bertz CT molecular complexity index is 1030. The van der Waals surface area contributed by atoms with Crippen molar-refractivity contribution in [3.8, 4) is 11.5 Å². The van der Waals surface area contributed by atoms with Gasteiger partial charge >= 0.3 is 5.97 Å². The fourth-order valence-electron chi connectivity index (χ4n) is 2.84. The van der Waals surface area contributed by atoms with Crippen LogP contribution in [-0.2, 0) is 4.74 Å². The first-order chi connectivity index (χ1) is 12.7. The summed E-state index contributed by atoms with van der Waals surface area (Å²) < 4.78 is 15.7. The number of benzene rings is 2. The molecule has 0 saturated heterocycles. The summed E-state index contributed by atoms with van der Waals surface area (Å²) in [6, 6.07) is 13.9. The predicted octanol–water partition coefficient (Wildman–Crippen LogP) is 3.37. The highest BCUT2D eigenvalue weighted by atomic mass is 16.7. The number of hydrogen-bond acceptors (Lipinski definition) is 6. The molecular weight excluding hydrogens is 334 g/mol. The lowest BCUT2D eigenvalue weighted by molar-refractivity contribution is 0.0517. The third kappa shape index (κ3) is 2.75. The van der Waals surface area contributed by atoms with Crippen LogP contribution in [0.3, 0.4) is 0 Å². The SMILES string of the molecule is CCOC(=O)c1nc2ccccc2cc1C(=O)c1ccc2c(c1)OCO2. The molecule has 0 fully saturated rings. The van der Waals surface area contributed by atoms with Crippen molar-refractivity contribution in [2.75, 3.05) is 13.4 Å². The number of carbonyl (C=O) groups excluding carboxylic acids is 2. The maximum atomic E-state index is 13.1. The summed E-state index contributed by atoms with van der Waals surface area (Å²) in [6.45, 7) is 2.03. The zero-order valence-electron chi connectivity index (χ0n) is 14.0. The van der Waals surface area contributed by atoms with Gasteiger partial charge in [-0.2, -0.15) is 0 Å². The zero-order valence-corrected chi connectivity index (χ0v) is 14.0. The molecule has 2 aromatic carbocycles. The maximum Gasteiger partial charge on any atom is 0.357 e. The molecular formula is C20H15NO5. The third-order valence-corrected chi connectivity index (χ3v) is 4.07. The normalized spacial score (nSPS) is 12.2. The Labute approximate surface area is 149 Å². The lowest BCUT2D eigenvalue weighted by Crippen LogP contribution is -2.15. The van der Waals surface area contributed by atoms with Crippen LogP contribution in [0.5, 0.6) is 11.5 Å². The molecule has 6 heteroatoms. The van der Waals surface area contributed by atoms with Gasteiger partial charge in [0.2, 0.25) is 6.79 Å². The van der Waals surface area contributed by atoms with E-state index in [1.165, 1.54) is 0 Å². The Kier molecular flexibility index (Phi) is 4.01. The summed E-state index contributed by atoms with van der Waals surface area (Å²) in [7, 11) is 0. The van der Waals surface area contributed by atoms with Crippen molar-refractivity contribution in [1.29, 1.82) is 0 Å². The van der Waals surface area contributed by atoms with E-state index < -0.39 is 5.97 Å². The van der Waals surface area contributed by atoms with Gasteiger partial charge in [-0.3, -0.25) is 4.79 Å². The topological polar surface area (TPSA) is 74.7 Å². The molecule has 0 atom stereocenters. The van der Waals surface area contributed by atoms with E-state index in [0.29, 0.717) is 22.6 Å². The van der Waals surface area contributed by atoms with Gasteiger partial charge in [0.15, 0.2) is 23.0 Å². The summed E-state index contributed by atoms with van der Waals surface area (Å²) in [5, 5.41) is 0.768. The lowest BCUT2D eigenvalue weighted by Gasteiger charge is -2.10. The molecule has 0 spiro atoms. The second-order valence-electron chi connectivity index (χ2n) is 5.69. The molecule has 6 nitrogen and oxygen atoms in total. The first-order valence-corrected chi connectivity index (χ1v) is 8.18. The summed E-state index contributed by atoms with van der Waals surface area (Å²) in [5.74, 6) is 0.137. The number of pyridine rings is 1. The summed E-state index contributed by atoms with van der Waals surface area (Å²) in [6.07, 6.45) is 0. The largest absolute Gasteiger partial charge is 0.461 e. The fourth-order valence-corrected chi connectivity index (χ4v) is 2.84. The van der Waals surface area contributed by atoms with Gasteiger partial charge < -0.3 is 14.2 Å². The van der Waals surface area contributed by atoms with Gasteiger partial charge in [-0.1, -0.05) is 18.2 Å². The quantitative estimate of drug-likeness (QED) is 0.531. The fraction of sp³-hybridized carbons (Fsp3) is 0.150. The number of carbonyl (C=O) groups is 2. The second-order valence-corrected chi connectivity index (χ2v) is 5.69. The van der Waals surface area contributed by atoms with Gasteiger partial charge in [0.1, 0.15) is 0 Å². The Balaban J connectivity index is 1.84. The van der Waals surface area contributed by atoms with E-state index in [2.05, 4.69) is 4.98 Å². The minimum Gasteiger partial charge on any atom is -0.461 e. The first kappa shape index (κ1) is 16.1. The molecule has 1 aromatic heterocycles. The third-order valence-electron chi connectivity index (χ3n) is 4.07. The van der Waals surface area contributed by atoms with Crippen LogP contribution in [0.15, 0.2) is 48.5 Å². The van der Waals surface area contributed by atoms with Crippen molar-refractivity contribution in [3.05, 3.63) is 65.4 Å². The Morgan fingerprint density at radius 1 is 1.08 bits per heavy atom. The number of nitrogens with zero attached hydrogens (tertiary/aromatic N) is 1. The number of fused-ring (bicyclic) bond motifs is 2. The minimum absolute atomic E-state index is 0.00761. The molecule has 0 aliphatic carbocycles. The first-order valence-electron chi connectivity index (χ1n) is 8.18. The van der Waals surface area contributed by atoms with Gasteiger partial charge in [0.05, 0.1) is 17.7 Å². The zero-order chi connectivity index (χ0) is 18.1. The van der Waals surface area contributed by atoms with Crippen LogP contribution in [0.1, 0.15) is 33.3 Å². The standard InChI is InChI=1S/C20H15NO5/c1-2-24-20(23)18-14(9-12-5-3-4-6-15(12)21-18)19(22)13-7-8-16-17(10-13)26-11-25-16/h3-10H,2,11H2,1H3. The molecule has 26 heavy (non-hydrogen) atoms. The van der Waals surface area contributed by atoms with Crippen LogP contribution in [0.2, 0.25) is 0 Å². The molecule has 0 amide bonds. The molecule has 4 rings (SSSR count). The average molecular weight is 349 g/mol. The van der Waals surface area contributed by atoms with Crippen LogP contribution in [0, 0.1) is 0 Å². The van der Waals surface area contributed by atoms with Crippen LogP contribution in [0.25, 0.3) is 10.9 Å². The monoisotopic (exact) mass is 349 g/mol.